The van der Waals surface area contributed by atoms with Gasteiger partial charge >= 0.3 is 0 Å². The molecule has 0 spiro atoms. The Morgan fingerprint density at radius 1 is 0.493 bits per heavy atom. The summed E-state index contributed by atoms with van der Waals surface area (Å²) in [5.41, 5.74) is 33.4. The van der Waals surface area contributed by atoms with Gasteiger partial charge in [0.05, 0.1) is 27.7 Å². The molecule has 0 aromatic heterocycles. The number of carbonyl (C=O) groups excluding carboxylic acids is 4. The lowest BCUT2D eigenvalue weighted by atomic mass is 9.82. The highest BCUT2D eigenvalue weighted by Gasteiger charge is 2.37. The van der Waals surface area contributed by atoms with Gasteiger partial charge in [-0.05, 0) is 260 Å². The SMILES string of the molecule is [2H]C1([2H])CCC([2H])(C(N)=O)C2=C1c1cc(Cl)c(C)cc1C2.[2H]c1c(C)c(Cl)cc2c1CC1=C2C([2H])([2H])CCC1([2H])C(N)=O.[2H]c1c(C)ccc2c1C1=C(C2)C([2H])(C(N)=O)CCC1([2H])[2H].[2H]c1c(Cl)cc(C)c2c1C1=C(C2)C([2H])(C(N)=O)CCC1([2H])[2H]. The molecular weight excluding hydrogens is 947 g/mol. The van der Waals surface area contributed by atoms with Crippen LogP contribution in [0, 0.1) is 51.3 Å². The van der Waals surface area contributed by atoms with Gasteiger partial charge in [-0.15, -0.1) is 0 Å². The molecule has 71 heavy (non-hydrogen) atoms. The van der Waals surface area contributed by atoms with Crippen LogP contribution in [0.1, 0.15) is 164 Å². The molecule has 370 valence electrons. The quantitative estimate of drug-likeness (QED) is 0.159. The van der Waals surface area contributed by atoms with Gasteiger partial charge in [0, 0.05) is 31.5 Å². The molecule has 8 nitrogen and oxygen atoms in total. The maximum Gasteiger partial charge on any atom is 0.224 e. The molecule has 8 aliphatic carbocycles. The molecule has 4 aromatic rings. The third kappa shape index (κ3) is 9.93. The smallest absolute Gasteiger partial charge is 0.224 e. The van der Waals surface area contributed by atoms with E-state index in [1.807, 2.05) is 39.0 Å². The second-order valence-electron chi connectivity index (χ2n) is 18.8. The topological polar surface area (TPSA) is 172 Å². The molecule has 8 aliphatic rings. The van der Waals surface area contributed by atoms with Crippen LogP contribution in [0.15, 0.2) is 76.8 Å². The van der Waals surface area contributed by atoms with Crippen molar-refractivity contribution in [1.82, 2.24) is 0 Å². The van der Waals surface area contributed by atoms with Crippen molar-refractivity contribution in [2.24, 2.45) is 46.5 Å². The Bertz CT molecular complexity index is 3860. The first-order valence-electron chi connectivity index (χ1n) is 31.2. The van der Waals surface area contributed by atoms with Gasteiger partial charge < -0.3 is 22.9 Å². The summed E-state index contributed by atoms with van der Waals surface area (Å²) in [5.74, 6) is -9.25. The van der Waals surface area contributed by atoms with Crippen LogP contribution in [0.5, 0.6) is 0 Å². The largest absolute Gasteiger partial charge is 0.369 e. The number of hydrogen-bond donors (Lipinski definition) is 4. The number of carbonyl (C=O) groups is 4. The first-order valence-corrected chi connectivity index (χ1v) is 24.8. The molecule has 4 unspecified atom stereocenters. The van der Waals surface area contributed by atoms with Crippen molar-refractivity contribution < 1.29 is 39.7 Å². The highest BCUT2D eigenvalue weighted by atomic mass is 35.5. The predicted octanol–water partition coefficient (Wildman–Crippen LogP) is 12.3. The lowest BCUT2D eigenvalue weighted by Crippen LogP contribution is -2.27. The molecule has 8 N–H and O–H groups in total. The number of rotatable bonds is 4. The molecule has 12 rings (SSSR count). The fourth-order valence-electron chi connectivity index (χ4n) is 10.8. The lowest BCUT2D eigenvalue weighted by molar-refractivity contribution is -0.121. The Morgan fingerprint density at radius 2 is 0.915 bits per heavy atom. The first-order chi connectivity index (χ1) is 39.5. The Morgan fingerprint density at radius 3 is 1.42 bits per heavy atom. The third-order valence-corrected chi connectivity index (χ3v) is 15.3. The fraction of sp³-hybridized carbons (Fsp3) is 0.400. The number of aryl methyl sites for hydroxylation is 3. The number of allylic oxidation sites excluding steroid dienone is 4. The monoisotopic (exact) mass is 1030 g/mol. The van der Waals surface area contributed by atoms with Gasteiger partial charge in [-0.25, -0.2) is 0 Å². The van der Waals surface area contributed by atoms with Crippen LogP contribution in [0.4, 0.5) is 0 Å². The molecular formula is C60H65Cl3N4O4. The number of hydrogen-bond acceptors (Lipinski definition) is 4. The minimum absolute atomic E-state index is 0.0305. The standard InChI is InChI=1S/3C15H16ClNO.C15H17NO/c2*1-8-5-9-6-13-10(12(9)7-14(8)16)3-2-4-11(13)15(17)18;1-8-5-9(16)6-13-10-3-2-4-11(15(17)18)14(10)7-12(8)13;1-9-5-6-10-8-14-11(13(10)7-9)3-2-4-12(14)15(16)17/h2*5,7,11H,2-4,6H2,1H3,(H2,17,18);5-6,11H,2-4,7H2,1H3,(H2,17,18);5-7,12H,2-4,8H2,1H3,(H2,16,17)/i3D2,5D,11D;3D2,11D;3D2,6D,11D;3D2,7D,12D. The Labute approximate surface area is 454 Å². The Hall–Kier alpha value is -5.41. The van der Waals surface area contributed by atoms with E-state index in [1.54, 1.807) is 25.1 Å². The zero-order valence-electron chi connectivity index (χ0n) is 55.0. The number of nitrogens with two attached hydrogens (primary N) is 4. The van der Waals surface area contributed by atoms with Crippen molar-refractivity contribution in [3.05, 3.63) is 159 Å². The van der Waals surface area contributed by atoms with Crippen molar-refractivity contribution in [3.63, 3.8) is 0 Å². The van der Waals surface area contributed by atoms with Crippen LogP contribution in [0.3, 0.4) is 0 Å². The number of benzene rings is 4. The molecule has 11 heteroatoms. The van der Waals surface area contributed by atoms with Crippen molar-refractivity contribution in [3.8, 4) is 0 Å². The molecule has 0 aliphatic heterocycles. The molecule has 0 bridgehead atoms. The van der Waals surface area contributed by atoms with Crippen LogP contribution in [0.2, 0.25) is 15.1 Å². The first kappa shape index (κ1) is 34.9. The molecule has 4 amide bonds. The summed E-state index contributed by atoms with van der Waals surface area (Å²) >= 11 is 18.4. The van der Waals surface area contributed by atoms with E-state index < -0.39 is 72.7 Å². The van der Waals surface area contributed by atoms with Crippen LogP contribution in [-0.2, 0) is 44.9 Å². The number of primary amides is 4. The van der Waals surface area contributed by atoms with Crippen LogP contribution in [0.25, 0.3) is 22.3 Å². The maximum absolute atomic E-state index is 11.8. The summed E-state index contributed by atoms with van der Waals surface area (Å²) < 4.78 is 125. The van der Waals surface area contributed by atoms with Crippen LogP contribution >= 0.6 is 34.8 Å². The molecule has 4 atom stereocenters. The van der Waals surface area contributed by atoms with E-state index in [0.29, 0.717) is 89.7 Å². The van der Waals surface area contributed by atoms with Gasteiger partial charge in [-0.2, -0.15) is 0 Å². The van der Waals surface area contributed by atoms with E-state index in [0.717, 1.165) is 38.9 Å². The van der Waals surface area contributed by atoms with Gasteiger partial charge in [-0.3, -0.25) is 19.2 Å². The third-order valence-electron chi connectivity index (χ3n) is 14.3. The van der Waals surface area contributed by atoms with Gasteiger partial charge in [0.1, 0.15) is 0 Å². The second kappa shape index (κ2) is 20.6. The predicted molar refractivity (Wildman–Crippen MR) is 288 cm³/mol. The Kier molecular flexibility index (Phi) is 10.1. The summed E-state index contributed by atoms with van der Waals surface area (Å²) in [6.07, 6.45) is -4.68. The highest BCUT2D eigenvalue weighted by molar-refractivity contribution is 6.32. The van der Waals surface area contributed by atoms with Gasteiger partial charge in [0.15, 0.2) is 0 Å². The van der Waals surface area contributed by atoms with E-state index in [9.17, 15) is 19.2 Å². The molecule has 0 saturated heterocycles. The van der Waals surface area contributed by atoms with E-state index in [2.05, 4.69) is 0 Å². The van der Waals surface area contributed by atoms with Gasteiger partial charge in [-0.1, -0.05) is 70.7 Å². The summed E-state index contributed by atoms with van der Waals surface area (Å²) in [6, 6.07) is 11.3. The molecule has 0 saturated carbocycles. The number of fused-ring (bicyclic) bond motifs is 8. The summed E-state index contributed by atoms with van der Waals surface area (Å²) in [7, 11) is 0. The minimum Gasteiger partial charge on any atom is -0.369 e. The van der Waals surface area contributed by atoms with E-state index in [4.69, 9.17) is 78.3 Å². The average molecular weight is 1030 g/mol. The molecule has 0 fully saturated rings. The molecule has 0 radical (unpaired) electrons. The fourth-order valence-corrected chi connectivity index (χ4v) is 11.4. The Balaban J connectivity index is 0.000000137. The van der Waals surface area contributed by atoms with E-state index >= 15 is 0 Å². The minimum atomic E-state index is -1.69. The van der Waals surface area contributed by atoms with Crippen molar-refractivity contribution in [2.75, 3.05) is 0 Å². The molecule has 4 aromatic carbocycles. The summed E-state index contributed by atoms with van der Waals surface area (Å²) in [4.78, 5) is 47.2. The van der Waals surface area contributed by atoms with Gasteiger partial charge in [0.25, 0.3) is 0 Å². The normalized spacial score (nSPS) is 32.0. The van der Waals surface area contributed by atoms with Crippen molar-refractivity contribution in [2.45, 2.75) is 130 Å². The second-order valence-corrected chi connectivity index (χ2v) is 20.0. The van der Waals surface area contributed by atoms with Crippen LogP contribution < -0.4 is 22.9 Å². The van der Waals surface area contributed by atoms with Gasteiger partial charge in [0.2, 0.25) is 23.6 Å². The van der Waals surface area contributed by atoms with Crippen molar-refractivity contribution in [1.29, 1.82) is 0 Å². The van der Waals surface area contributed by atoms with E-state index in [-0.39, 0.29) is 92.9 Å². The van der Waals surface area contributed by atoms with Crippen molar-refractivity contribution >= 4 is 80.7 Å². The zero-order valence-corrected chi connectivity index (χ0v) is 42.3. The maximum atomic E-state index is 11.8. The molecule has 0 heterocycles. The van der Waals surface area contributed by atoms with E-state index in [1.165, 1.54) is 0 Å². The zero-order chi connectivity index (χ0) is 64.0. The lowest BCUT2D eigenvalue weighted by Gasteiger charge is -2.22. The highest BCUT2D eigenvalue weighted by Crippen LogP contribution is 2.49. The summed E-state index contributed by atoms with van der Waals surface area (Å²) in [6.45, 7) is 7.27. The average Bonchev–Trinajstić information content (AvgIpc) is 1.57. The number of amides is 4. The number of halogens is 3. The van der Waals surface area contributed by atoms with Crippen LogP contribution in [-0.4, -0.2) is 23.6 Å². The summed E-state index contributed by atoms with van der Waals surface area (Å²) in [5, 5.41) is 1.22.